The molecule has 1 N–H and O–H groups in total. The van der Waals surface area contributed by atoms with E-state index in [1.54, 1.807) is 6.07 Å². The number of carbonyl (C=O) groups is 1. The average molecular weight is 582 g/mol. The van der Waals surface area contributed by atoms with Gasteiger partial charge < -0.3 is 19.4 Å². The van der Waals surface area contributed by atoms with Crippen molar-refractivity contribution >= 4 is 22.9 Å². The second-order valence-corrected chi connectivity index (χ2v) is 12.9. The van der Waals surface area contributed by atoms with E-state index in [0.29, 0.717) is 5.75 Å². The van der Waals surface area contributed by atoms with E-state index in [1.807, 2.05) is 39.0 Å². The molecule has 1 aliphatic carbocycles. The molecule has 5 rings (SSSR count). The molecule has 43 heavy (non-hydrogen) atoms. The van der Waals surface area contributed by atoms with Gasteiger partial charge in [-0.3, -0.25) is 0 Å². The summed E-state index contributed by atoms with van der Waals surface area (Å²) in [5.41, 5.74) is 5.80. The van der Waals surface area contributed by atoms with Gasteiger partial charge in [-0.25, -0.2) is 9.78 Å². The normalized spacial score (nSPS) is 14.1. The maximum atomic E-state index is 12.4. The zero-order chi connectivity index (χ0) is 30.2. The monoisotopic (exact) mass is 581 g/mol. The van der Waals surface area contributed by atoms with Gasteiger partial charge in [-0.2, -0.15) is 0 Å². The third-order valence-corrected chi connectivity index (χ3v) is 8.26. The molecule has 3 aromatic carbocycles. The van der Waals surface area contributed by atoms with Gasteiger partial charge in [0.2, 0.25) is 0 Å². The number of hydrogen-bond donors (Lipinski definition) is 1. The first-order valence-corrected chi connectivity index (χ1v) is 16.1. The van der Waals surface area contributed by atoms with E-state index >= 15 is 0 Å². The van der Waals surface area contributed by atoms with Gasteiger partial charge in [0.25, 0.3) is 0 Å². The Kier molecular flexibility index (Phi) is 10.1. The topological polar surface area (TPSA) is 65.4 Å². The summed E-state index contributed by atoms with van der Waals surface area (Å²) in [5, 5.41) is 3.70. The van der Waals surface area contributed by atoms with Crippen LogP contribution in [-0.2, 0) is 17.7 Å². The first-order chi connectivity index (χ1) is 20.8. The molecule has 1 heterocycles. The van der Waals surface area contributed by atoms with Crippen LogP contribution in [0.5, 0.6) is 5.75 Å². The number of imidazole rings is 1. The fourth-order valence-electron chi connectivity index (χ4n) is 6.01. The average Bonchev–Trinajstić information content (AvgIpc) is 3.32. The molecule has 4 aromatic rings. The van der Waals surface area contributed by atoms with E-state index in [0.717, 1.165) is 60.7 Å². The summed E-state index contributed by atoms with van der Waals surface area (Å²) in [5.74, 6) is 2.49. The maximum absolute atomic E-state index is 12.4. The number of aryl methyl sites for hydroxylation is 1. The van der Waals surface area contributed by atoms with Crippen molar-refractivity contribution in [3.63, 3.8) is 0 Å². The molecule has 0 amide bonds. The lowest BCUT2D eigenvalue weighted by Gasteiger charge is -2.21. The molecule has 6 nitrogen and oxygen atoms in total. The third-order valence-electron chi connectivity index (χ3n) is 8.26. The van der Waals surface area contributed by atoms with Gasteiger partial charge in [0.15, 0.2) is 0 Å². The van der Waals surface area contributed by atoms with Gasteiger partial charge in [-0.05, 0) is 74.9 Å². The highest BCUT2D eigenvalue weighted by Crippen LogP contribution is 2.32. The lowest BCUT2D eigenvalue weighted by molar-refractivity contribution is 0.0207. The SMILES string of the molecule is CCCCc1nc2ccc(NCCC3CCCCC3)cc2n1Cc1ccc(-c2ccccc2OC(=O)OC(C)(C)C)cc1. The number of ether oxygens (including phenoxy) is 2. The highest BCUT2D eigenvalue weighted by atomic mass is 16.7. The van der Waals surface area contributed by atoms with E-state index < -0.39 is 11.8 Å². The lowest BCUT2D eigenvalue weighted by atomic mass is 9.87. The predicted octanol–water partition coefficient (Wildman–Crippen LogP) is 9.79. The van der Waals surface area contributed by atoms with Crippen molar-refractivity contribution in [2.75, 3.05) is 11.9 Å². The van der Waals surface area contributed by atoms with Crippen LogP contribution in [0.2, 0.25) is 0 Å². The Bertz CT molecular complexity index is 1490. The van der Waals surface area contributed by atoms with Crippen molar-refractivity contribution in [2.24, 2.45) is 5.92 Å². The number of para-hydroxylation sites is 1. The summed E-state index contributed by atoms with van der Waals surface area (Å²) in [6.45, 7) is 9.47. The van der Waals surface area contributed by atoms with Gasteiger partial charge in [-0.1, -0.05) is 87.9 Å². The molecule has 6 heteroatoms. The minimum Gasteiger partial charge on any atom is -0.428 e. The number of unbranched alkanes of at least 4 members (excludes halogenated alkanes) is 1. The number of benzene rings is 3. The van der Waals surface area contributed by atoms with Crippen LogP contribution in [0.15, 0.2) is 66.7 Å². The van der Waals surface area contributed by atoms with Gasteiger partial charge in [0.1, 0.15) is 17.2 Å². The van der Waals surface area contributed by atoms with Gasteiger partial charge in [0, 0.05) is 30.8 Å². The quantitative estimate of drug-likeness (QED) is 0.141. The first-order valence-electron chi connectivity index (χ1n) is 16.1. The molecule has 0 aliphatic heterocycles. The minimum atomic E-state index is -0.703. The standard InChI is InChI=1S/C37H47N3O3/c1-5-6-16-35-39-32-22-21-30(38-24-23-27-12-8-7-9-13-27)25-33(32)40(35)26-28-17-19-29(20-18-28)31-14-10-11-15-34(31)42-36(41)43-37(2,3)4/h10-11,14-15,17-22,25,27,38H,5-9,12-13,16,23-24,26H2,1-4H3. The number of nitrogens with zero attached hydrogens (tertiary/aromatic N) is 2. The third kappa shape index (κ3) is 8.40. The molecule has 1 saturated carbocycles. The van der Waals surface area contributed by atoms with E-state index in [4.69, 9.17) is 14.5 Å². The Morgan fingerprint density at radius 2 is 1.77 bits per heavy atom. The molecule has 0 atom stereocenters. The highest BCUT2D eigenvalue weighted by Gasteiger charge is 2.20. The van der Waals surface area contributed by atoms with Crippen molar-refractivity contribution in [1.29, 1.82) is 0 Å². The zero-order valence-electron chi connectivity index (χ0n) is 26.3. The van der Waals surface area contributed by atoms with Crippen LogP contribution in [0.3, 0.4) is 0 Å². The fourth-order valence-corrected chi connectivity index (χ4v) is 6.01. The second kappa shape index (κ2) is 14.1. The van der Waals surface area contributed by atoms with Crippen LogP contribution in [0.25, 0.3) is 22.2 Å². The zero-order valence-corrected chi connectivity index (χ0v) is 26.3. The van der Waals surface area contributed by atoms with Crippen LogP contribution in [0.1, 0.15) is 90.4 Å². The summed E-state index contributed by atoms with van der Waals surface area (Å²) in [4.78, 5) is 17.4. The first kappa shape index (κ1) is 30.7. The summed E-state index contributed by atoms with van der Waals surface area (Å²) >= 11 is 0. The Morgan fingerprint density at radius 3 is 2.51 bits per heavy atom. The van der Waals surface area contributed by atoms with Gasteiger partial charge >= 0.3 is 6.16 Å². The molecule has 228 valence electrons. The Balaban J connectivity index is 1.33. The maximum Gasteiger partial charge on any atom is 0.514 e. The number of aromatic nitrogens is 2. The summed E-state index contributed by atoms with van der Waals surface area (Å²) in [6.07, 6.45) is 10.7. The Labute approximate surface area is 256 Å². The highest BCUT2D eigenvalue weighted by molar-refractivity contribution is 5.80. The van der Waals surface area contributed by atoms with Crippen LogP contribution in [0, 0.1) is 5.92 Å². The largest absolute Gasteiger partial charge is 0.514 e. The molecule has 0 saturated heterocycles. The van der Waals surface area contributed by atoms with Crippen molar-refractivity contribution in [2.45, 2.75) is 97.6 Å². The van der Waals surface area contributed by atoms with Gasteiger partial charge in [0.05, 0.1) is 11.0 Å². The Morgan fingerprint density at radius 1 is 1.00 bits per heavy atom. The number of hydrogen-bond acceptors (Lipinski definition) is 5. The smallest absolute Gasteiger partial charge is 0.428 e. The molecule has 1 aromatic heterocycles. The molecule has 0 spiro atoms. The molecular weight excluding hydrogens is 534 g/mol. The number of anilines is 1. The van der Waals surface area contributed by atoms with Crippen LogP contribution < -0.4 is 10.1 Å². The minimum absolute atomic E-state index is 0.482. The molecule has 0 bridgehead atoms. The Hall–Kier alpha value is -3.80. The molecule has 0 radical (unpaired) electrons. The van der Waals surface area contributed by atoms with Crippen molar-refractivity contribution in [3.05, 3.63) is 78.1 Å². The van der Waals surface area contributed by atoms with Crippen molar-refractivity contribution in [3.8, 4) is 16.9 Å². The summed E-state index contributed by atoms with van der Waals surface area (Å²) < 4.78 is 13.3. The van der Waals surface area contributed by atoms with Crippen LogP contribution in [0.4, 0.5) is 10.5 Å². The van der Waals surface area contributed by atoms with Crippen molar-refractivity contribution < 1.29 is 14.3 Å². The van der Waals surface area contributed by atoms with E-state index in [9.17, 15) is 4.79 Å². The number of fused-ring (bicyclic) bond motifs is 1. The fraction of sp³-hybridized carbons (Fsp3) is 0.459. The lowest BCUT2D eigenvalue weighted by Crippen LogP contribution is -2.26. The number of carbonyl (C=O) groups excluding carboxylic acids is 1. The molecule has 1 aliphatic rings. The molecule has 0 unspecified atom stereocenters. The number of rotatable bonds is 11. The van der Waals surface area contributed by atoms with Crippen molar-refractivity contribution in [1.82, 2.24) is 9.55 Å². The second-order valence-electron chi connectivity index (χ2n) is 12.9. The number of nitrogens with one attached hydrogen (secondary N) is 1. The van der Waals surface area contributed by atoms with Gasteiger partial charge in [-0.15, -0.1) is 0 Å². The van der Waals surface area contributed by atoms with E-state index in [-0.39, 0.29) is 0 Å². The van der Waals surface area contributed by atoms with Crippen LogP contribution in [-0.4, -0.2) is 27.9 Å². The van der Waals surface area contributed by atoms with Crippen LogP contribution >= 0.6 is 0 Å². The van der Waals surface area contributed by atoms with E-state index in [1.165, 1.54) is 55.3 Å². The predicted molar refractivity (Wildman–Crippen MR) is 176 cm³/mol. The summed E-state index contributed by atoms with van der Waals surface area (Å²) in [6, 6.07) is 22.7. The summed E-state index contributed by atoms with van der Waals surface area (Å²) in [7, 11) is 0. The van der Waals surface area contributed by atoms with E-state index in [2.05, 4.69) is 59.3 Å². The molecule has 1 fully saturated rings. The molecular formula is C37H47N3O3.